The van der Waals surface area contributed by atoms with Crippen LogP contribution in [0, 0.1) is 18.8 Å². The monoisotopic (exact) mass is 410 g/mol. The van der Waals surface area contributed by atoms with Gasteiger partial charge in [-0.15, -0.1) is 0 Å². The molecule has 2 aromatic rings. The number of amides is 1. The molecule has 1 aromatic heterocycles. The van der Waals surface area contributed by atoms with Crippen molar-refractivity contribution in [2.45, 2.75) is 45.5 Å². The topological polar surface area (TPSA) is 78.4 Å². The van der Waals surface area contributed by atoms with Crippen LogP contribution in [-0.2, 0) is 4.79 Å². The van der Waals surface area contributed by atoms with E-state index in [4.69, 9.17) is 0 Å². The van der Waals surface area contributed by atoms with Gasteiger partial charge in [-0.05, 0) is 30.9 Å². The highest BCUT2D eigenvalue weighted by atomic mass is 19.4. The van der Waals surface area contributed by atoms with Gasteiger partial charge in [0.25, 0.3) is 0 Å². The highest BCUT2D eigenvalue weighted by molar-refractivity contribution is 5.90. The predicted octanol–water partition coefficient (Wildman–Crippen LogP) is 2.83. The number of hydrogen-bond donors (Lipinski definition) is 2. The molecule has 158 valence electrons. The maximum absolute atomic E-state index is 13.6. The Bertz CT molecular complexity index is 888. The van der Waals surface area contributed by atoms with Gasteiger partial charge < -0.3 is 15.3 Å². The number of benzene rings is 1. The van der Waals surface area contributed by atoms with Gasteiger partial charge in [-0.3, -0.25) is 14.8 Å². The fraction of sp³-hybridized carbons (Fsp3) is 0.550. The first-order chi connectivity index (χ1) is 13.6. The number of piperidine rings is 1. The number of rotatable bonds is 4. The van der Waals surface area contributed by atoms with E-state index in [-0.39, 0.29) is 25.4 Å². The van der Waals surface area contributed by atoms with Crippen LogP contribution >= 0.6 is 0 Å². The first-order valence-electron chi connectivity index (χ1n) is 9.58. The van der Waals surface area contributed by atoms with Crippen molar-refractivity contribution in [3.8, 4) is 0 Å². The van der Waals surface area contributed by atoms with Crippen LogP contribution in [0.5, 0.6) is 0 Å². The maximum Gasteiger partial charge on any atom is 0.393 e. The average Bonchev–Trinajstić information content (AvgIpc) is 2.66. The van der Waals surface area contributed by atoms with Crippen LogP contribution < -0.4 is 10.2 Å². The molecule has 2 unspecified atom stereocenters. The van der Waals surface area contributed by atoms with Crippen molar-refractivity contribution < 1.29 is 23.1 Å². The van der Waals surface area contributed by atoms with Crippen LogP contribution in [0.1, 0.15) is 25.8 Å². The summed E-state index contributed by atoms with van der Waals surface area (Å²) in [5, 5.41) is 12.5. The van der Waals surface area contributed by atoms with Crippen LogP contribution in [-0.4, -0.2) is 52.4 Å². The third kappa shape index (κ3) is 4.60. The van der Waals surface area contributed by atoms with Crippen molar-refractivity contribution >= 4 is 22.6 Å². The van der Waals surface area contributed by atoms with Crippen molar-refractivity contribution in [3.05, 3.63) is 30.1 Å². The normalized spacial score (nSPS) is 21.4. The lowest BCUT2D eigenvalue weighted by Gasteiger charge is -2.40. The standard InChI is InChI=1S/C20H25F3N4O2/c1-11(2)18(28)19(29)26-14-8-13(20(21,22)23)9-27(10-14)15-5-4-12(3)16-17(15)25-7-6-24-16/h4-7,11,13-14,18,28H,8-10H2,1-3H3,(H,26,29)/t13?,14?,18-/m0/s1. The first kappa shape index (κ1) is 21.3. The Morgan fingerprint density at radius 2 is 1.86 bits per heavy atom. The number of aromatic nitrogens is 2. The summed E-state index contributed by atoms with van der Waals surface area (Å²) in [6.45, 7) is 5.18. The van der Waals surface area contributed by atoms with E-state index in [0.29, 0.717) is 16.7 Å². The summed E-state index contributed by atoms with van der Waals surface area (Å²) >= 11 is 0. The summed E-state index contributed by atoms with van der Waals surface area (Å²) in [6, 6.07) is 2.80. The summed E-state index contributed by atoms with van der Waals surface area (Å²) in [4.78, 5) is 22.5. The molecule has 2 N–H and O–H groups in total. The number of halogens is 3. The second-order valence-corrected chi connectivity index (χ2v) is 7.93. The molecule has 1 saturated heterocycles. The zero-order valence-corrected chi connectivity index (χ0v) is 16.6. The summed E-state index contributed by atoms with van der Waals surface area (Å²) in [5.74, 6) is -2.59. The van der Waals surface area contributed by atoms with Gasteiger partial charge in [0, 0.05) is 31.5 Å². The van der Waals surface area contributed by atoms with E-state index in [1.54, 1.807) is 37.1 Å². The lowest BCUT2D eigenvalue weighted by molar-refractivity contribution is -0.178. The number of hydrogen-bond acceptors (Lipinski definition) is 5. The van der Waals surface area contributed by atoms with Crippen LogP contribution in [0.4, 0.5) is 18.9 Å². The van der Waals surface area contributed by atoms with Crippen LogP contribution in [0.15, 0.2) is 24.5 Å². The van der Waals surface area contributed by atoms with Crippen molar-refractivity contribution in [2.75, 3.05) is 18.0 Å². The number of aryl methyl sites for hydroxylation is 1. The molecule has 1 aliphatic heterocycles. The van der Waals surface area contributed by atoms with E-state index in [9.17, 15) is 23.1 Å². The molecule has 3 atom stereocenters. The zero-order valence-electron chi connectivity index (χ0n) is 16.6. The molecule has 0 spiro atoms. The number of aliphatic hydroxyl groups is 1. The number of carbonyl (C=O) groups is 1. The molecular weight excluding hydrogens is 385 g/mol. The van der Waals surface area contributed by atoms with Crippen molar-refractivity contribution in [1.82, 2.24) is 15.3 Å². The molecule has 0 aliphatic carbocycles. The Kier molecular flexibility index (Phi) is 5.97. The van der Waals surface area contributed by atoms with Gasteiger partial charge in [0.05, 0.1) is 17.1 Å². The molecular formula is C20H25F3N4O2. The number of aliphatic hydroxyl groups excluding tert-OH is 1. The highest BCUT2D eigenvalue weighted by Gasteiger charge is 2.45. The number of fused-ring (bicyclic) bond motifs is 1. The lowest BCUT2D eigenvalue weighted by atomic mass is 9.92. The quantitative estimate of drug-likeness (QED) is 0.811. The van der Waals surface area contributed by atoms with E-state index in [1.807, 2.05) is 6.92 Å². The summed E-state index contributed by atoms with van der Waals surface area (Å²) in [5.41, 5.74) is 2.60. The summed E-state index contributed by atoms with van der Waals surface area (Å²) in [7, 11) is 0. The number of alkyl halides is 3. The molecule has 6 nitrogen and oxygen atoms in total. The second kappa shape index (κ2) is 8.14. The molecule has 29 heavy (non-hydrogen) atoms. The van der Waals surface area contributed by atoms with Gasteiger partial charge in [-0.25, -0.2) is 0 Å². The Hall–Kier alpha value is -2.42. The zero-order chi connectivity index (χ0) is 21.3. The lowest BCUT2D eigenvalue weighted by Crippen LogP contribution is -2.55. The molecule has 3 rings (SSSR count). The molecule has 2 heterocycles. The largest absolute Gasteiger partial charge is 0.393 e. The van der Waals surface area contributed by atoms with E-state index >= 15 is 0 Å². The van der Waals surface area contributed by atoms with E-state index in [2.05, 4.69) is 15.3 Å². The van der Waals surface area contributed by atoms with Gasteiger partial charge in [0.1, 0.15) is 11.6 Å². The van der Waals surface area contributed by atoms with Gasteiger partial charge in [0.2, 0.25) is 5.91 Å². The first-order valence-corrected chi connectivity index (χ1v) is 9.58. The number of nitrogens with one attached hydrogen (secondary N) is 1. The molecule has 9 heteroatoms. The molecule has 0 bridgehead atoms. The van der Waals surface area contributed by atoms with Crippen molar-refractivity contribution in [3.63, 3.8) is 0 Å². The van der Waals surface area contributed by atoms with E-state index < -0.39 is 30.1 Å². The Balaban J connectivity index is 1.92. The average molecular weight is 410 g/mol. The van der Waals surface area contributed by atoms with Crippen molar-refractivity contribution in [2.24, 2.45) is 11.8 Å². The van der Waals surface area contributed by atoms with E-state index in [1.165, 1.54) is 6.20 Å². The Morgan fingerprint density at radius 1 is 1.21 bits per heavy atom. The number of carbonyl (C=O) groups excluding carboxylic acids is 1. The highest BCUT2D eigenvalue weighted by Crippen LogP contribution is 2.36. The van der Waals surface area contributed by atoms with Crippen LogP contribution in [0.25, 0.3) is 11.0 Å². The molecule has 1 aliphatic rings. The Morgan fingerprint density at radius 3 is 2.48 bits per heavy atom. The summed E-state index contributed by atoms with van der Waals surface area (Å²) in [6.07, 6.45) is -2.84. The minimum absolute atomic E-state index is 0.192. The minimum atomic E-state index is -4.40. The molecule has 1 amide bonds. The van der Waals surface area contributed by atoms with Crippen LogP contribution in [0.3, 0.4) is 0 Å². The molecule has 1 aromatic carbocycles. The van der Waals surface area contributed by atoms with Gasteiger partial charge >= 0.3 is 6.18 Å². The summed E-state index contributed by atoms with van der Waals surface area (Å²) < 4.78 is 40.8. The molecule has 0 radical (unpaired) electrons. The molecule has 1 fully saturated rings. The third-order valence-corrected chi connectivity index (χ3v) is 5.31. The fourth-order valence-corrected chi connectivity index (χ4v) is 3.66. The second-order valence-electron chi connectivity index (χ2n) is 7.93. The van der Waals surface area contributed by atoms with Crippen molar-refractivity contribution in [1.29, 1.82) is 0 Å². The van der Waals surface area contributed by atoms with Crippen LogP contribution in [0.2, 0.25) is 0 Å². The minimum Gasteiger partial charge on any atom is -0.383 e. The van der Waals surface area contributed by atoms with E-state index in [0.717, 1.165) is 5.56 Å². The smallest absolute Gasteiger partial charge is 0.383 e. The predicted molar refractivity (Wildman–Crippen MR) is 103 cm³/mol. The van der Waals surface area contributed by atoms with Gasteiger partial charge in [-0.2, -0.15) is 13.2 Å². The molecule has 0 saturated carbocycles. The maximum atomic E-state index is 13.6. The number of nitrogens with zero attached hydrogens (tertiary/aromatic N) is 3. The Labute approximate surface area is 167 Å². The fourth-order valence-electron chi connectivity index (χ4n) is 3.66. The van der Waals surface area contributed by atoms with Gasteiger partial charge in [-0.1, -0.05) is 19.9 Å². The number of anilines is 1. The SMILES string of the molecule is Cc1ccc(N2CC(NC(=O)[C@@H](O)C(C)C)CC(C(F)(F)F)C2)c2nccnc12. The third-order valence-electron chi connectivity index (χ3n) is 5.31. The van der Waals surface area contributed by atoms with Gasteiger partial charge in [0.15, 0.2) is 0 Å².